The molecule has 2 aliphatic rings. The summed E-state index contributed by atoms with van der Waals surface area (Å²) in [6.45, 7) is 0. The third kappa shape index (κ3) is 1.83. The van der Waals surface area contributed by atoms with Crippen LogP contribution in [0.4, 0.5) is 0 Å². The van der Waals surface area contributed by atoms with E-state index in [4.69, 9.17) is 5.11 Å². The summed E-state index contributed by atoms with van der Waals surface area (Å²) in [6.07, 6.45) is 7.14. The van der Waals surface area contributed by atoms with Crippen LogP contribution in [0.2, 0.25) is 0 Å². The molecule has 1 fully saturated rings. The first kappa shape index (κ1) is 8.16. The minimum Gasteiger partial charge on any atom is -0.476 e. The van der Waals surface area contributed by atoms with E-state index in [0.29, 0.717) is 5.92 Å². The second kappa shape index (κ2) is 3.12. The number of hydrogen-bond acceptors (Lipinski definition) is 3. The summed E-state index contributed by atoms with van der Waals surface area (Å²) < 4.78 is 0. The highest BCUT2D eigenvalue weighted by Gasteiger charge is 2.29. The summed E-state index contributed by atoms with van der Waals surface area (Å²) in [7, 11) is 0. The smallest absolute Gasteiger partial charge is 0.356 e. The van der Waals surface area contributed by atoms with E-state index in [1.165, 1.54) is 19.1 Å². The molecule has 1 saturated carbocycles. The number of carboxylic acid groups (broad SMARTS) is 1. The highest BCUT2D eigenvalue weighted by atomic mass is 16.4. The largest absolute Gasteiger partial charge is 0.476 e. The molecule has 1 atom stereocenters. The van der Waals surface area contributed by atoms with Crippen LogP contribution in [0.5, 0.6) is 0 Å². The maximum absolute atomic E-state index is 10.5. The Morgan fingerprint density at radius 3 is 2.92 bits per heavy atom. The highest BCUT2D eigenvalue weighted by Crippen LogP contribution is 2.35. The summed E-state index contributed by atoms with van der Waals surface area (Å²) >= 11 is 0. The van der Waals surface area contributed by atoms with Gasteiger partial charge in [-0.05, 0) is 24.8 Å². The summed E-state index contributed by atoms with van der Waals surface area (Å²) in [5, 5.41) is 8.65. The van der Waals surface area contributed by atoms with Crippen LogP contribution in [0.25, 0.3) is 0 Å². The van der Waals surface area contributed by atoms with Crippen molar-refractivity contribution in [3.8, 4) is 0 Å². The van der Waals surface area contributed by atoms with Crippen molar-refractivity contribution >= 4 is 17.9 Å². The number of aliphatic imine (C=N–C) groups is 2. The fourth-order valence-electron chi connectivity index (χ4n) is 1.28. The van der Waals surface area contributed by atoms with Crippen molar-refractivity contribution in [2.24, 2.45) is 15.9 Å². The third-order valence-electron chi connectivity index (χ3n) is 2.19. The molecule has 0 aromatic rings. The van der Waals surface area contributed by atoms with Gasteiger partial charge in [0.2, 0.25) is 0 Å². The molecule has 68 valence electrons. The topological polar surface area (TPSA) is 62.0 Å². The molecule has 0 spiro atoms. The first-order chi connectivity index (χ1) is 6.27. The average Bonchev–Trinajstić information content (AvgIpc) is 2.91. The molecule has 0 aromatic carbocycles. The number of carbonyl (C=O) groups is 1. The Morgan fingerprint density at radius 1 is 1.54 bits per heavy atom. The molecular weight excluding hydrogens is 168 g/mol. The van der Waals surface area contributed by atoms with Crippen molar-refractivity contribution in [3.63, 3.8) is 0 Å². The Hall–Kier alpha value is -1.45. The van der Waals surface area contributed by atoms with Crippen molar-refractivity contribution in [2.45, 2.75) is 18.9 Å². The summed E-state index contributed by atoms with van der Waals surface area (Å²) in [6, 6.07) is 0.139. The van der Waals surface area contributed by atoms with Gasteiger partial charge in [0.05, 0.1) is 12.3 Å². The maximum Gasteiger partial charge on any atom is 0.356 e. The molecule has 0 aromatic heterocycles. The van der Waals surface area contributed by atoms with Crippen molar-refractivity contribution in [2.75, 3.05) is 0 Å². The number of hydrogen-bond donors (Lipinski definition) is 1. The molecule has 4 nitrogen and oxygen atoms in total. The van der Waals surface area contributed by atoms with Crippen LogP contribution in [-0.2, 0) is 4.79 Å². The summed E-state index contributed by atoms with van der Waals surface area (Å²) in [5.74, 6) is -0.416. The Balaban J connectivity index is 2.12. The van der Waals surface area contributed by atoms with E-state index < -0.39 is 5.97 Å². The molecule has 2 rings (SSSR count). The lowest BCUT2D eigenvalue weighted by molar-refractivity contribution is -0.129. The predicted octanol–water partition coefficient (Wildman–Crippen LogP) is 0.889. The standard InChI is InChI=1S/C9H10N2O2/c12-9(13)8-5-11-7(3-4-10-8)6-1-2-6/h3-7H,1-2H2,(H,12,13). The Kier molecular flexibility index (Phi) is 1.96. The van der Waals surface area contributed by atoms with Crippen molar-refractivity contribution in [3.05, 3.63) is 12.3 Å². The molecule has 1 aliphatic heterocycles. The minimum atomic E-state index is -1.02. The van der Waals surface area contributed by atoms with Gasteiger partial charge in [-0.3, -0.25) is 4.99 Å². The molecule has 1 N–H and O–H groups in total. The average molecular weight is 178 g/mol. The molecule has 0 amide bonds. The van der Waals surface area contributed by atoms with Gasteiger partial charge in [0.15, 0.2) is 5.71 Å². The van der Waals surface area contributed by atoms with Crippen LogP contribution in [0.15, 0.2) is 22.3 Å². The zero-order chi connectivity index (χ0) is 9.26. The monoisotopic (exact) mass is 178 g/mol. The van der Waals surface area contributed by atoms with Gasteiger partial charge < -0.3 is 5.11 Å². The van der Waals surface area contributed by atoms with Crippen LogP contribution in [-0.4, -0.2) is 29.0 Å². The third-order valence-corrected chi connectivity index (χ3v) is 2.19. The van der Waals surface area contributed by atoms with E-state index in [-0.39, 0.29) is 11.8 Å². The first-order valence-electron chi connectivity index (χ1n) is 4.28. The number of rotatable bonds is 2. The Morgan fingerprint density at radius 2 is 2.31 bits per heavy atom. The van der Waals surface area contributed by atoms with Crippen LogP contribution >= 0.6 is 0 Å². The first-order valence-corrected chi connectivity index (χ1v) is 4.28. The van der Waals surface area contributed by atoms with Crippen LogP contribution in [0.3, 0.4) is 0 Å². The van der Waals surface area contributed by atoms with E-state index in [2.05, 4.69) is 9.98 Å². The van der Waals surface area contributed by atoms with Crippen molar-refractivity contribution < 1.29 is 9.90 Å². The SMILES string of the molecule is O=C(O)C1=NC=CC(C2CC2)N=C1. The van der Waals surface area contributed by atoms with Gasteiger partial charge in [-0.15, -0.1) is 0 Å². The lowest BCUT2D eigenvalue weighted by Crippen LogP contribution is -2.14. The molecule has 4 heteroatoms. The molecule has 1 aliphatic carbocycles. The van der Waals surface area contributed by atoms with Crippen molar-refractivity contribution in [1.29, 1.82) is 0 Å². The van der Waals surface area contributed by atoms with Gasteiger partial charge in [-0.2, -0.15) is 0 Å². The fourth-order valence-corrected chi connectivity index (χ4v) is 1.28. The molecule has 13 heavy (non-hydrogen) atoms. The number of aliphatic carboxylic acids is 1. The molecule has 0 saturated heterocycles. The fraction of sp³-hybridized carbons (Fsp3) is 0.444. The lowest BCUT2D eigenvalue weighted by Gasteiger charge is -2.00. The summed E-state index contributed by atoms with van der Waals surface area (Å²) in [4.78, 5) is 18.5. The Labute approximate surface area is 75.7 Å². The lowest BCUT2D eigenvalue weighted by atomic mass is 10.2. The van der Waals surface area contributed by atoms with Gasteiger partial charge in [-0.25, -0.2) is 9.79 Å². The molecule has 0 radical (unpaired) electrons. The maximum atomic E-state index is 10.5. The van der Waals surface area contributed by atoms with Gasteiger partial charge in [0.25, 0.3) is 0 Å². The number of carboxylic acids is 1. The van der Waals surface area contributed by atoms with Crippen LogP contribution < -0.4 is 0 Å². The zero-order valence-electron chi connectivity index (χ0n) is 7.05. The number of nitrogens with zero attached hydrogens (tertiary/aromatic N) is 2. The molecule has 1 unspecified atom stereocenters. The minimum absolute atomic E-state index is 0.0133. The van der Waals surface area contributed by atoms with Gasteiger partial charge in [0, 0.05) is 6.20 Å². The van der Waals surface area contributed by atoms with Crippen LogP contribution in [0, 0.1) is 5.92 Å². The van der Waals surface area contributed by atoms with Gasteiger partial charge in [-0.1, -0.05) is 0 Å². The second-order valence-corrected chi connectivity index (χ2v) is 3.27. The quantitative estimate of drug-likeness (QED) is 0.682. The van der Waals surface area contributed by atoms with E-state index in [1.54, 1.807) is 6.20 Å². The molecule has 1 heterocycles. The Bertz CT molecular complexity index is 314. The van der Waals surface area contributed by atoms with E-state index in [1.807, 2.05) is 6.08 Å². The van der Waals surface area contributed by atoms with Gasteiger partial charge in [0.1, 0.15) is 0 Å². The second-order valence-electron chi connectivity index (χ2n) is 3.27. The van der Waals surface area contributed by atoms with Gasteiger partial charge >= 0.3 is 5.97 Å². The van der Waals surface area contributed by atoms with E-state index >= 15 is 0 Å². The highest BCUT2D eigenvalue weighted by molar-refractivity contribution is 6.59. The molecule has 0 bridgehead atoms. The predicted molar refractivity (Wildman–Crippen MR) is 49.2 cm³/mol. The van der Waals surface area contributed by atoms with E-state index in [0.717, 1.165) is 0 Å². The van der Waals surface area contributed by atoms with Crippen molar-refractivity contribution in [1.82, 2.24) is 0 Å². The summed E-state index contributed by atoms with van der Waals surface area (Å²) in [5.41, 5.74) is 0.0133. The molecular formula is C9H10N2O2. The van der Waals surface area contributed by atoms with Crippen LogP contribution in [0.1, 0.15) is 12.8 Å². The normalized spacial score (nSPS) is 26.8. The van der Waals surface area contributed by atoms with E-state index in [9.17, 15) is 4.79 Å². The zero-order valence-corrected chi connectivity index (χ0v) is 7.05.